The summed E-state index contributed by atoms with van der Waals surface area (Å²) in [7, 11) is 0. The van der Waals surface area contributed by atoms with E-state index in [2.05, 4.69) is 5.32 Å². The van der Waals surface area contributed by atoms with Crippen LogP contribution in [0, 0.1) is 0 Å². The lowest BCUT2D eigenvalue weighted by Crippen LogP contribution is -2.39. The predicted octanol–water partition coefficient (Wildman–Crippen LogP) is 4.41. The minimum absolute atomic E-state index is 0.286. The zero-order valence-electron chi connectivity index (χ0n) is 15.6. The highest BCUT2D eigenvalue weighted by atomic mass is 16.6. The van der Waals surface area contributed by atoms with E-state index < -0.39 is 17.8 Å². The largest absolute Gasteiger partial charge is 0.444 e. The number of rotatable bonds is 6. The Kier molecular flexibility index (Phi) is 6.98. The van der Waals surface area contributed by atoms with Crippen molar-refractivity contribution in [2.45, 2.75) is 44.9 Å². The van der Waals surface area contributed by atoms with Gasteiger partial charge in [0.1, 0.15) is 5.60 Å². The van der Waals surface area contributed by atoms with E-state index in [1.807, 2.05) is 87.5 Å². The molecule has 2 atom stereocenters. The van der Waals surface area contributed by atoms with E-state index in [9.17, 15) is 9.90 Å². The van der Waals surface area contributed by atoms with Gasteiger partial charge in [0.05, 0.1) is 12.1 Å². The molecule has 0 aliphatic carbocycles. The van der Waals surface area contributed by atoms with Crippen molar-refractivity contribution in [2.24, 2.45) is 0 Å². The average Bonchev–Trinajstić information content (AvgIpc) is 2.59. The van der Waals surface area contributed by atoms with Crippen molar-refractivity contribution in [2.75, 3.05) is 0 Å². The first-order chi connectivity index (χ1) is 12.3. The van der Waals surface area contributed by atoms with Crippen LogP contribution >= 0.6 is 0 Å². The molecule has 2 aromatic carbocycles. The minimum atomic E-state index is -0.727. The first-order valence-corrected chi connectivity index (χ1v) is 8.78. The van der Waals surface area contributed by atoms with E-state index in [-0.39, 0.29) is 6.04 Å². The summed E-state index contributed by atoms with van der Waals surface area (Å²) in [5.74, 6) is 0. The number of carbonyl (C=O) groups excluding carboxylic acids is 1. The van der Waals surface area contributed by atoms with Gasteiger partial charge in [-0.2, -0.15) is 0 Å². The number of benzene rings is 2. The van der Waals surface area contributed by atoms with Gasteiger partial charge in [0.15, 0.2) is 0 Å². The predicted molar refractivity (Wildman–Crippen MR) is 104 cm³/mol. The molecule has 2 rings (SSSR count). The monoisotopic (exact) mass is 353 g/mol. The van der Waals surface area contributed by atoms with Crippen LogP contribution in [0.25, 0.3) is 0 Å². The van der Waals surface area contributed by atoms with E-state index in [0.29, 0.717) is 6.42 Å². The third kappa shape index (κ3) is 7.11. The zero-order chi connectivity index (χ0) is 19.0. The lowest BCUT2D eigenvalue weighted by Gasteiger charge is -2.22. The highest BCUT2D eigenvalue weighted by molar-refractivity contribution is 5.68. The Morgan fingerprint density at radius 1 is 1.04 bits per heavy atom. The Morgan fingerprint density at radius 3 is 2.19 bits per heavy atom. The first-order valence-electron chi connectivity index (χ1n) is 8.78. The number of nitrogens with one attached hydrogen (secondary N) is 1. The number of amides is 1. The molecule has 0 heterocycles. The van der Waals surface area contributed by atoms with Crippen molar-refractivity contribution in [3.63, 3.8) is 0 Å². The number of carbonyl (C=O) groups is 1. The number of hydrogen-bond donors (Lipinski definition) is 2. The maximum absolute atomic E-state index is 12.1. The molecule has 0 aliphatic rings. The molecule has 4 nitrogen and oxygen atoms in total. The van der Waals surface area contributed by atoms with Crippen molar-refractivity contribution in [1.82, 2.24) is 5.32 Å². The third-order valence-electron chi connectivity index (χ3n) is 3.67. The van der Waals surface area contributed by atoms with Crippen LogP contribution in [-0.4, -0.2) is 22.8 Å². The molecule has 1 amide bonds. The lowest BCUT2D eigenvalue weighted by atomic mass is 10.0. The highest BCUT2D eigenvalue weighted by Crippen LogP contribution is 2.15. The van der Waals surface area contributed by atoms with E-state index >= 15 is 0 Å². The maximum atomic E-state index is 12.1. The minimum Gasteiger partial charge on any atom is -0.444 e. The molecule has 1 unspecified atom stereocenters. The van der Waals surface area contributed by atoms with Gasteiger partial charge in [-0.25, -0.2) is 4.79 Å². The highest BCUT2D eigenvalue weighted by Gasteiger charge is 2.19. The van der Waals surface area contributed by atoms with Gasteiger partial charge in [-0.1, -0.05) is 72.8 Å². The maximum Gasteiger partial charge on any atom is 0.408 e. The molecule has 0 spiro atoms. The summed E-state index contributed by atoms with van der Waals surface area (Å²) in [5, 5.41) is 13.2. The molecule has 0 saturated carbocycles. The van der Waals surface area contributed by atoms with E-state index in [1.165, 1.54) is 0 Å². The summed E-state index contributed by atoms with van der Waals surface area (Å²) < 4.78 is 5.35. The molecule has 2 N–H and O–H groups in total. The molecule has 0 bridgehead atoms. The molecule has 2 aromatic rings. The topological polar surface area (TPSA) is 58.6 Å². The summed E-state index contributed by atoms with van der Waals surface area (Å²) in [4.78, 5) is 12.1. The molecule has 0 radical (unpaired) electrons. The van der Waals surface area contributed by atoms with Crippen LogP contribution in [0.1, 0.15) is 38.0 Å². The summed E-state index contributed by atoms with van der Waals surface area (Å²) in [6, 6.07) is 19.0. The molecule has 0 saturated heterocycles. The van der Waals surface area contributed by atoms with Crippen molar-refractivity contribution in [3.05, 3.63) is 83.9 Å². The van der Waals surface area contributed by atoms with Crippen LogP contribution < -0.4 is 5.32 Å². The number of aliphatic hydroxyl groups excluding tert-OH is 1. The number of aliphatic hydroxyl groups is 1. The second kappa shape index (κ2) is 9.20. The number of hydrogen-bond acceptors (Lipinski definition) is 3. The second-order valence-electron chi connectivity index (χ2n) is 7.18. The Balaban J connectivity index is 2.09. The van der Waals surface area contributed by atoms with Crippen LogP contribution in [0.3, 0.4) is 0 Å². The van der Waals surface area contributed by atoms with Crippen LogP contribution in [0.5, 0.6) is 0 Å². The van der Waals surface area contributed by atoms with Gasteiger partial charge in [-0.05, 0) is 38.3 Å². The van der Waals surface area contributed by atoms with E-state index in [4.69, 9.17) is 4.74 Å². The van der Waals surface area contributed by atoms with Gasteiger partial charge < -0.3 is 15.2 Å². The van der Waals surface area contributed by atoms with Gasteiger partial charge >= 0.3 is 6.09 Å². The van der Waals surface area contributed by atoms with E-state index in [1.54, 1.807) is 6.08 Å². The molecular weight excluding hydrogens is 326 g/mol. The van der Waals surface area contributed by atoms with Crippen LogP contribution in [-0.2, 0) is 11.2 Å². The van der Waals surface area contributed by atoms with Crippen molar-refractivity contribution in [1.29, 1.82) is 0 Å². The number of alkyl carbamates (subject to hydrolysis) is 1. The van der Waals surface area contributed by atoms with E-state index in [0.717, 1.165) is 11.1 Å². The normalized spacial score (nSPS) is 14.0. The Hall–Kier alpha value is -2.59. The molecule has 4 heteroatoms. The van der Waals surface area contributed by atoms with Crippen molar-refractivity contribution >= 4 is 6.09 Å². The Bertz CT molecular complexity index is 705. The lowest BCUT2D eigenvalue weighted by molar-refractivity contribution is 0.0514. The van der Waals surface area contributed by atoms with Gasteiger partial charge in [-0.3, -0.25) is 0 Å². The Morgan fingerprint density at radius 2 is 1.62 bits per heavy atom. The van der Waals surface area contributed by atoms with Gasteiger partial charge in [0.25, 0.3) is 0 Å². The SMILES string of the molecule is CC(C)(C)OC(=O)N[C@H](/C=C/C(O)c1ccccc1)Cc1ccccc1. The third-order valence-corrected chi connectivity index (χ3v) is 3.67. The van der Waals surface area contributed by atoms with Crippen LogP contribution in [0.15, 0.2) is 72.8 Å². The standard InChI is InChI=1S/C22H27NO3/c1-22(2,3)26-21(25)23-19(16-17-10-6-4-7-11-17)14-15-20(24)18-12-8-5-9-13-18/h4-15,19-20,24H,16H2,1-3H3,(H,23,25)/b15-14+/t19-,20?/m1/s1. The molecule has 26 heavy (non-hydrogen) atoms. The summed E-state index contributed by atoms with van der Waals surface area (Å²) in [6.45, 7) is 5.48. The summed E-state index contributed by atoms with van der Waals surface area (Å²) in [5.41, 5.74) is 1.33. The van der Waals surface area contributed by atoms with Gasteiger partial charge in [0.2, 0.25) is 0 Å². The van der Waals surface area contributed by atoms with Crippen molar-refractivity contribution < 1.29 is 14.6 Å². The molecular formula is C22H27NO3. The number of ether oxygens (including phenoxy) is 1. The fourth-order valence-corrected chi connectivity index (χ4v) is 2.49. The fourth-order valence-electron chi connectivity index (χ4n) is 2.49. The molecule has 0 fully saturated rings. The second-order valence-corrected chi connectivity index (χ2v) is 7.18. The average molecular weight is 353 g/mol. The quantitative estimate of drug-likeness (QED) is 0.756. The Labute approximate surface area is 155 Å². The zero-order valence-corrected chi connectivity index (χ0v) is 15.6. The van der Waals surface area contributed by atoms with Crippen LogP contribution in [0.2, 0.25) is 0 Å². The summed E-state index contributed by atoms with van der Waals surface area (Å²) in [6.07, 6.45) is 2.92. The van der Waals surface area contributed by atoms with Crippen molar-refractivity contribution in [3.8, 4) is 0 Å². The van der Waals surface area contributed by atoms with Crippen LogP contribution in [0.4, 0.5) is 4.79 Å². The smallest absolute Gasteiger partial charge is 0.408 e. The fraction of sp³-hybridized carbons (Fsp3) is 0.318. The van der Waals surface area contributed by atoms with Gasteiger partial charge in [-0.15, -0.1) is 0 Å². The molecule has 138 valence electrons. The molecule has 0 aromatic heterocycles. The molecule has 0 aliphatic heterocycles. The van der Waals surface area contributed by atoms with Gasteiger partial charge in [0, 0.05) is 0 Å². The summed E-state index contributed by atoms with van der Waals surface area (Å²) >= 11 is 0. The first kappa shape index (κ1) is 19.7.